The van der Waals surface area contributed by atoms with Crippen LogP contribution in [0.2, 0.25) is 0 Å². The molecule has 3 heterocycles. The Kier molecular flexibility index (Phi) is 6.70. The molecule has 2 amide bonds. The van der Waals surface area contributed by atoms with Crippen LogP contribution >= 0.6 is 11.6 Å². The number of alkyl halides is 1. The number of H-pyrrole nitrogens is 1. The number of halogens is 2. The molecule has 3 unspecified atom stereocenters. The first-order valence-corrected chi connectivity index (χ1v) is 11.2. The summed E-state index contributed by atoms with van der Waals surface area (Å²) < 4.78 is 14.6. The zero-order chi connectivity index (χ0) is 21.8. The number of rotatable bonds is 6. The van der Waals surface area contributed by atoms with Crippen LogP contribution in [0.4, 0.5) is 15.0 Å². The number of nitrogens with one attached hydrogen (secondary N) is 4. The molecule has 3 atom stereocenters. The van der Waals surface area contributed by atoms with Gasteiger partial charge in [0.15, 0.2) is 17.5 Å². The van der Waals surface area contributed by atoms with E-state index in [1.54, 1.807) is 6.20 Å². The van der Waals surface area contributed by atoms with Gasteiger partial charge in [-0.3, -0.25) is 4.99 Å². The second kappa shape index (κ2) is 9.64. The zero-order valence-corrected chi connectivity index (χ0v) is 18.2. The van der Waals surface area contributed by atoms with Gasteiger partial charge in [-0.2, -0.15) is 0 Å². The van der Waals surface area contributed by atoms with Gasteiger partial charge in [0, 0.05) is 29.6 Å². The summed E-state index contributed by atoms with van der Waals surface area (Å²) in [7, 11) is 0. The van der Waals surface area contributed by atoms with Gasteiger partial charge in [0.1, 0.15) is 5.49 Å². The lowest BCUT2D eigenvalue weighted by Gasteiger charge is -2.33. The van der Waals surface area contributed by atoms with E-state index in [0.717, 1.165) is 48.4 Å². The maximum atomic E-state index is 14.6. The topological polar surface area (TPSA) is 107 Å². The number of amides is 2. The van der Waals surface area contributed by atoms with E-state index in [1.807, 2.05) is 13.0 Å². The highest BCUT2D eigenvalue weighted by Crippen LogP contribution is 2.24. The summed E-state index contributed by atoms with van der Waals surface area (Å²) in [6, 6.07) is -0.418. The number of aromatic nitrogens is 3. The van der Waals surface area contributed by atoms with Crippen molar-refractivity contribution in [2.45, 2.75) is 56.5 Å². The molecule has 0 bridgehead atoms. The third-order valence-electron chi connectivity index (χ3n) is 5.59. The number of carbonyl (C=O) groups excluding carboxylic acids is 1. The lowest BCUT2D eigenvalue weighted by Crippen LogP contribution is -2.51. The summed E-state index contributed by atoms with van der Waals surface area (Å²) in [5.41, 5.74) is 1.45. The van der Waals surface area contributed by atoms with Gasteiger partial charge in [0.2, 0.25) is 0 Å². The summed E-state index contributed by atoms with van der Waals surface area (Å²) >= 11 is 6.22. The second-order valence-corrected chi connectivity index (χ2v) is 8.48. The van der Waals surface area contributed by atoms with Gasteiger partial charge in [0.25, 0.3) is 0 Å². The smallest absolute Gasteiger partial charge is 0.315 e. The Morgan fingerprint density at radius 2 is 2.13 bits per heavy atom. The van der Waals surface area contributed by atoms with Crippen molar-refractivity contribution in [3.05, 3.63) is 28.9 Å². The number of anilines is 1. The van der Waals surface area contributed by atoms with Crippen molar-refractivity contribution in [2.75, 3.05) is 18.4 Å². The van der Waals surface area contributed by atoms with Crippen LogP contribution in [0.25, 0.3) is 17.5 Å². The average Bonchev–Trinajstić information content (AvgIpc) is 3.18. The molecule has 4 N–H and O–H groups in total. The molecule has 2 aromatic rings. The van der Waals surface area contributed by atoms with Crippen LogP contribution in [0.3, 0.4) is 0 Å². The first kappa shape index (κ1) is 21.5. The third kappa shape index (κ3) is 4.98. The molecule has 0 radical (unpaired) electrons. The minimum absolute atomic E-state index is 0.104. The van der Waals surface area contributed by atoms with Crippen molar-refractivity contribution in [3.63, 3.8) is 0 Å². The molecule has 8 nitrogen and oxygen atoms in total. The molecule has 31 heavy (non-hydrogen) atoms. The summed E-state index contributed by atoms with van der Waals surface area (Å²) in [5, 5.41) is 9.69. The van der Waals surface area contributed by atoms with E-state index in [9.17, 15) is 9.18 Å². The second-order valence-electron chi connectivity index (χ2n) is 7.92. The molecule has 1 saturated carbocycles. The predicted molar refractivity (Wildman–Crippen MR) is 118 cm³/mol. The third-order valence-corrected chi connectivity index (χ3v) is 5.86. The molecule has 2 aromatic heterocycles. The molecule has 1 aliphatic heterocycles. The van der Waals surface area contributed by atoms with Crippen LogP contribution in [0, 0.1) is 5.82 Å². The van der Waals surface area contributed by atoms with Crippen molar-refractivity contribution in [2.24, 2.45) is 4.99 Å². The molecule has 0 spiro atoms. The van der Waals surface area contributed by atoms with Crippen LogP contribution in [0.5, 0.6) is 0 Å². The summed E-state index contributed by atoms with van der Waals surface area (Å²) in [5.74, 6) is -0.0146. The highest BCUT2D eigenvalue weighted by atomic mass is 35.5. The monoisotopic (exact) mass is 447 g/mol. The number of aromatic amines is 1. The normalized spacial score (nSPS) is 22.6. The molecule has 4 rings (SSSR count). The van der Waals surface area contributed by atoms with Crippen LogP contribution in [-0.4, -0.2) is 51.5 Å². The van der Waals surface area contributed by atoms with Crippen molar-refractivity contribution in [1.29, 1.82) is 0 Å². The van der Waals surface area contributed by atoms with Crippen molar-refractivity contribution in [3.8, 4) is 11.4 Å². The first-order valence-electron chi connectivity index (χ1n) is 10.8. The molecule has 1 aliphatic carbocycles. The maximum Gasteiger partial charge on any atom is 0.315 e. The Hall–Kier alpha value is -2.68. The first-order chi connectivity index (χ1) is 15.0. The van der Waals surface area contributed by atoms with Gasteiger partial charge in [-0.1, -0.05) is 25.8 Å². The van der Waals surface area contributed by atoms with Crippen molar-refractivity contribution >= 4 is 29.5 Å². The average molecular weight is 448 g/mol. The number of hydrogen-bond acceptors (Lipinski definition) is 5. The van der Waals surface area contributed by atoms with E-state index in [2.05, 4.69) is 35.9 Å². The molecule has 166 valence electrons. The molecular weight excluding hydrogens is 421 g/mol. The highest BCUT2D eigenvalue weighted by Gasteiger charge is 2.28. The quantitative estimate of drug-likeness (QED) is 0.508. The van der Waals surface area contributed by atoms with E-state index >= 15 is 0 Å². The maximum absolute atomic E-state index is 14.6. The fourth-order valence-electron chi connectivity index (χ4n) is 4.03. The molecule has 1 fully saturated rings. The molecule has 0 aromatic carbocycles. The number of fused-ring (bicyclic) bond motifs is 1. The van der Waals surface area contributed by atoms with E-state index in [1.165, 1.54) is 6.20 Å². The number of nitrogens with zero attached hydrogens (tertiary/aromatic N) is 3. The molecular formula is C21H27ClFN7O. The fourth-order valence-corrected chi connectivity index (χ4v) is 4.22. The molecule has 10 heteroatoms. The van der Waals surface area contributed by atoms with E-state index in [0.29, 0.717) is 18.9 Å². The lowest BCUT2D eigenvalue weighted by atomic mass is 9.90. The minimum atomic E-state index is -0.531. The van der Waals surface area contributed by atoms with E-state index < -0.39 is 5.82 Å². The standard InChI is InChI=1S/C21H27ClFN7O/c1-2-7-24-21(31)29-17-6-4-3-5-16(17)28-20-15(23)11-27-19(30-20)14-10-26-18-13(14)8-12(22)9-25-18/h8,10-12,16-17H,2-7,9H2,1H3,(H,25,26)(H2,24,29,31)(H,27,28,30). The van der Waals surface area contributed by atoms with E-state index in [-0.39, 0.29) is 29.3 Å². The van der Waals surface area contributed by atoms with Crippen LogP contribution in [-0.2, 0) is 0 Å². The Morgan fingerprint density at radius 3 is 2.94 bits per heavy atom. The summed E-state index contributed by atoms with van der Waals surface area (Å²) in [6.45, 7) is 3.13. The van der Waals surface area contributed by atoms with Crippen LogP contribution < -0.4 is 26.7 Å². The largest absolute Gasteiger partial charge is 0.363 e. The van der Waals surface area contributed by atoms with Gasteiger partial charge in [0.05, 0.1) is 24.2 Å². The SMILES string of the molecule is CCCNC(=O)NC1CCCCC1Nc1nc(-c2c[nH]c3c2=CC(Cl)CN=3)ncc1F. The number of hydrogen-bond donors (Lipinski definition) is 4. The van der Waals surface area contributed by atoms with Crippen molar-refractivity contribution in [1.82, 2.24) is 25.6 Å². The van der Waals surface area contributed by atoms with Crippen LogP contribution in [0.1, 0.15) is 39.0 Å². The van der Waals surface area contributed by atoms with Gasteiger partial charge < -0.3 is 20.9 Å². The van der Waals surface area contributed by atoms with Gasteiger partial charge >= 0.3 is 6.03 Å². The van der Waals surface area contributed by atoms with Crippen molar-refractivity contribution < 1.29 is 9.18 Å². The van der Waals surface area contributed by atoms with Gasteiger partial charge in [-0.05, 0) is 19.3 Å². The highest BCUT2D eigenvalue weighted by molar-refractivity contribution is 6.24. The Balaban J connectivity index is 1.56. The molecule has 0 saturated heterocycles. The summed E-state index contributed by atoms with van der Waals surface area (Å²) in [4.78, 5) is 28.3. The molecule has 2 aliphatic rings. The minimum Gasteiger partial charge on any atom is -0.363 e. The van der Waals surface area contributed by atoms with Gasteiger partial charge in [-0.15, -0.1) is 11.6 Å². The predicted octanol–water partition coefficient (Wildman–Crippen LogP) is 2.06. The zero-order valence-electron chi connectivity index (χ0n) is 17.4. The van der Waals surface area contributed by atoms with Gasteiger partial charge in [-0.25, -0.2) is 19.2 Å². The number of carbonyl (C=O) groups is 1. The lowest BCUT2D eigenvalue weighted by molar-refractivity contribution is 0.230. The van der Waals surface area contributed by atoms with Crippen LogP contribution in [0.15, 0.2) is 17.4 Å². The fraction of sp³-hybridized carbons (Fsp3) is 0.524. The summed E-state index contributed by atoms with van der Waals surface area (Å²) in [6.07, 6.45) is 9.38. The Labute approximate surface area is 184 Å². The van der Waals surface area contributed by atoms with E-state index in [4.69, 9.17) is 11.6 Å². The number of urea groups is 1. The Morgan fingerprint density at radius 1 is 1.32 bits per heavy atom. The Bertz CT molecular complexity index is 1060.